The van der Waals surface area contributed by atoms with Gasteiger partial charge in [-0.1, -0.05) is 57.2 Å². The molecule has 0 aliphatic heterocycles. The third kappa shape index (κ3) is 8.11. The number of carbonyl (C=O) groups excluding carboxylic acids is 2. The van der Waals surface area contributed by atoms with E-state index in [2.05, 4.69) is 50.8 Å². The van der Waals surface area contributed by atoms with Crippen molar-refractivity contribution in [1.29, 1.82) is 0 Å². The van der Waals surface area contributed by atoms with Crippen molar-refractivity contribution >= 4 is 42.7 Å². The molecule has 0 saturated carbocycles. The van der Waals surface area contributed by atoms with E-state index in [9.17, 15) is 9.59 Å². The van der Waals surface area contributed by atoms with Crippen molar-refractivity contribution in [3.63, 3.8) is 0 Å². The van der Waals surface area contributed by atoms with Crippen molar-refractivity contribution in [3.05, 3.63) is 77.9 Å². The third-order valence-corrected chi connectivity index (χ3v) is 11.8. The first kappa shape index (κ1) is 27.8. The molecule has 0 bridgehead atoms. The van der Waals surface area contributed by atoms with Crippen LogP contribution in [0.5, 0.6) is 5.75 Å². The SMILES string of the molecule is CC(C)(C)[Si](C)(C)OCc1ccc2cc(C(=O)NNC(=O)CSCCOc3ccccc3)ccc2c1. The van der Waals surface area contributed by atoms with Crippen LogP contribution in [0.15, 0.2) is 66.7 Å². The summed E-state index contributed by atoms with van der Waals surface area (Å²) in [5, 5.41) is 2.16. The summed E-state index contributed by atoms with van der Waals surface area (Å²) in [6, 6.07) is 21.2. The Bertz CT molecular complexity index is 1180. The molecular formula is C28H36N2O4SSi. The lowest BCUT2D eigenvalue weighted by atomic mass is 10.0. The van der Waals surface area contributed by atoms with Crippen LogP contribution in [0.2, 0.25) is 18.1 Å². The van der Waals surface area contributed by atoms with Gasteiger partial charge in [0.05, 0.1) is 19.0 Å². The quantitative estimate of drug-likeness (QED) is 0.195. The summed E-state index contributed by atoms with van der Waals surface area (Å²) in [7, 11) is -1.82. The summed E-state index contributed by atoms with van der Waals surface area (Å²) in [6.45, 7) is 12.3. The van der Waals surface area contributed by atoms with Gasteiger partial charge in [0, 0.05) is 11.3 Å². The second kappa shape index (κ2) is 12.4. The fraction of sp³-hybridized carbons (Fsp3) is 0.357. The lowest BCUT2D eigenvalue weighted by molar-refractivity contribution is -0.119. The summed E-state index contributed by atoms with van der Waals surface area (Å²) in [5.74, 6) is 1.09. The Morgan fingerprint density at radius 2 is 1.61 bits per heavy atom. The summed E-state index contributed by atoms with van der Waals surface area (Å²) < 4.78 is 11.9. The first-order chi connectivity index (χ1) is 17.0. The molecule has 0 spiro atoms. The highest BCUT2D eigenvalue weighted by molar-refractivity contribution is 7.99. The first-order valence-corrected chi connectivity index (χ1v) is 16.1. The lowest BCUT2D eigenvalue weighted by Gasteiger charge is -2.36. The number of ether oxygens (including phenoxy) is 1. The van der Waals surface area contributed by atoms with Crippen LogP contribution in [0.1, 0.15) is 36.7 Å². The van der Waals surface area contributed by atoms with E-state index >= 15 is 0 Å². The average molecular weight is 525 g/mol. The van der Waals surface area contributed by atoms with E-state index in [1.807, 2.05) is 54.6 Å². The van der Waals surface area contributed by atoms with E-state index in [1.165, 1.54) is 11.8 Å². The molecule has 36 heavy (non-hydrogen) atoms. The van der Waals surface area contributed by atoms with Crippen LogP contribution in [0.4, 0.5) is 0 Å². The Balaban J connectivity index is 1.44. The largest absolute Gasteiger partial charge is 0.493 e. The van der Waals surface area contributed by atoms with Crippen LogP contribution in [0.3, 0.4) is 0 Å². The van der Waals surface area contributed by atoms with Gasteiger partial charge in [0.25, 0.3) is 5.91 Å². The molecule has 192 valence electrons. The second-order valence-corrected chi connectivity index (χ2v) is 16.1. The number of thioether (sulfide) groups is 1. The monoisotopic (exact) mass is 524 g/mol. The maximum atomic E-state index is 12.5. The second-order valence-electron chi connectivity index (χ2n) is 10.2. The molecule has 0 radical (unpaired) electrons. The zero-order valence-corrected chi connectivity index (χ0v) is 23.5. The predicted octanol–water partition coefficient (Wildman–Crippen LogP) is 5.93. The van der Waals surface area contributed by atoms with Crippen LogP contribution in [0.25, 0.3) is 10.8 Å². The van der Waals surface area contributed by atoms with Gasteiger partial charge in [-0.25, -0.2) is 0 Å². The molecule has 0 fully saturated rings. The predicted molar refractivity (Wildman–Crippen MR) is 151 cm³/mol. The van der Waals surface area contributed by atoms with Gasteiger partial charge < -0.3 is 9.16 Å². The van der Waals surface area contributed by atoms with Gasteiger partial charge in [0.15, 0.2) is 8.32 Å². The third-order valence-electron chi connectivity index (χ3n) is 6.36. The fourth-order valence-corrected chi connectivity index (χ4v) is 4.70. The molecule has 0 aromatic heterocycles. The summed E-state index contributed by atoms with van der Waals surface area (Å²) in [4.78, 5) is 24.6. The molecule has 3 aromatic carbocycles. The molecule has 3 rings (SSSR count). The summed E-state index contributed by atoms with van der Waals surface area (Å²) >= 11 is 1.44. The standard InChI is InChI=1S/C28H36N2O4SSi/c1-28(2,3)36(4,5)34-19-21-11-12-23-18-24(14-13-22(23)17-21)27(32)30-29-26(31)20-35-16-15-33-25-9-7-6-8-10-25/h6-14,17-18H,15-16,19-20H2,1-5H3,(H,29,31)(H,30,32). The van der Waals surface area contributed by atoms with E-state index in [-0.39, 0.29) is 22.6 Å². The zero-order valence-electron chi connectivity index (χ0n) is 21.7. The fourth-order valence-electron chi connectivity index (χ4n) is 3.14. The van der Waals surface area contributed by atoms with Crippen molar-refractivity contribution in [3.8, 4) is 5.75 Å². The van der Waals surface area contributed by atoms with Gasteiger partial charge in [0.1, 0.15) is 5.75 Å². The van der Waals surface area contributed by atoms with Crippen molar-refractivity contribution in [2.24, 2.45) is 0 Å². The highest BCUT2D eigenvalue weighted by atomic mass is 32.2. The maximum absolute atomic E-state index is 12.5. The van der Waals surface area contributed by atoms with Crippen LogP contribution >= 0.6 is 11.8 Å². The number of nitrogens with one attached hydrogen (secondary N) is 2. The molecule has 6 nitrogen and oxygen atoms in total. The molecule has 0 atom stereocenters. The zero-order chi connectivity index (χ0) is 26.2. The van der Waals surface area contributed by atoms with Crippen molar-refractivity contribution in [2.45, 2.75) is 45.5 Å². The number of hydrogen-bond donors (Lipinski definition) is 2. The molecular weight excluding hydrogens is 488 g/mol. The number of hydrazine groups is 1. The molecule has 2 N–H and O–H groups in total. The summed E-state index contributed by atoms with van der Waals surface area (Å²) in [6.07, 6.45) is 0. The highest BCUT2D eigenvalue weighted by Gasteiger charge is 2.37. The molecule has 0 aliphatic carbocycles. The van der Waals surface area contributed by atoms with E-state index in [1.54, 1.807) is 6.07 Å². The van der Waals surface area contributed by atoms with Crippen molar-refractivity contribution < 1.29 is 18.8 Å². The van der Waals surface area contributed by atoms with Crippen LogP contribution in [0, 0.1) is 0 Å². The normalized spacial score (nSPS) is 11.8. The van der Waals surface area contributed by atoms with Gasteiger partial charge in [0.2, 0.25) is 5.91 Å². The summed E-state index contributed by atoms with van der Waals surface area (Å²) in [5.41, 5.74) is 6.57. The number of para-hydroxylation sites is 1. The van der Waals surface area contributed by atoms with Crippen molar-refractivity contribution in [1.82, 2.24) is 10.9 Å². The van der Waals surface area contributed by atoms with E-state index < -0.39 is 8.32 Å². The molecule has 2 amide bonds. The van der Waals surface area contributed by atoms with Crippen LogP contribution in [-0.2, 0) is 15.8 Å². The van der Waals surface area contributed by atoms with E-state index in [0.29, 0.717) is 24.5 Å². The minimum Gasteiger partial charge on any atom is -0.493 e. The Labute approximate surface area is 219 Å². The van der Waals surface area contributed by atoms with Gasteiger partial charge in [-0.2, -0.15) is 0 Å². The van der Waals surface area contributed by atoms with Crippen molar-refractivity contribution in [2.75, 3.05) is 18.1 Å². The maximum Gasteiger partial charge on any atom is 0.269 e. The first-order valence-electron chi connectivity index (χ1n) is 12.1. The van der Waals surface area contributed by atoms with Gasteiger partial charge >= 0.3 is 0 Å². The van der Waals surface area contributed by atoms with Gasteiger partial charge in [-0.15, -0.1) is 11.8 Å². The number of carbonyl (C=O) groups is 2. The minimum absolute atomic E-state index is 0.164. The Kier molecular flexibility index (Phi) is 9.59. The molecule has 8 heteroatoms. The lowest BCUT2D eigenvalue weighted by Crippen LogP contribution is -2.42. The number of benzene rings is 3. The minimum atomic E-state index is -1.82. The molecule has 3 aromatic rings. The molecule has 0 unspecified atom stereocenters. The number of amides is 2. The number of fused-ring (bicyclic) bond motifs is 1. The Morgan fingerprint density at radius 1 is 0.917 bits per heavy atom. The van der Waals surface area contributed by atoms with Crippen LogP contribution in [-0.4, -0.2) is 38.2 Å². The average Bonchev–Trinajstić information content (AvgIpc) is 2.85. The smallest absolute Gasteiger partial charge is 0.269 e. The van der Waals surface area contributed by atoms with Crippen LogP contribution < -0.4 is 15.6 Å². The van der Waals surface area contributed by atoms with Gasteiger partial charge in [-0.05, 0) is 64.8 Å². The topological polar surface area (TPSA) is 76.7 Å². The van der Waals surface area contributed by atoms with E-state index in [0.717, 1.165) is 22.1 Å². The Morgan fingerprint density at radius 3 is 2.33 bits per heavy atom. The van der Waals surface area contributed by atoms with E-state index in [4.69, 9.17) is 9.16 Å². The molecule has 0 saturated heterocycles. The Hall–Kier alpha value is -2.81. The van der Waals surface area contributed by atoms with Gasteiger partial charge in [-0.3, -0.25) is 20.4 Å². The number of hydrogen-bond acceptors (Lipinski definition) is 5. The molecule has 0 heterocycles. The highest BCUT2D eigenvalue weighted by Crippen LogP contribution is 2.37. The molecule has 0 aliphatic rings. The number of rotatable bonds is 10.